The van der Waals surface area contributed by atoms with E-state index in [1.54, 1.807) is 0 Å². The predicted octanol–water partition coefficient (Wildman–Crippen LogP) is 9.18. The molecule has 0 bridgehead atoms. The quantitative estimate of drug-likeness (QED) is 0.166. The largest absolute Gasteiger partial charge is 0.179 e. The minimum Gasteiger partial charge on any atom is -0.179 e. The zero-order chi connectivity index (χ0) is 19.3. The molecule has 0 atom stereocenters. The molecule has 0 N–H and O–H groups in total. The molecule has 0 amide bonds. The highest BCUT2D eigenvalue weighted by molar-refractivity contribution is 7.80. The molecule has 0 saturated carbocycles. The van der Waals surface area contributed by atoms with Crippen LogP contribution in [0.4, 0.5) is 0 Å². The van der Waals surface area contributed by atoms with E-state index in [1.807, 2.05) is 0 Å². The molecular weight excluding hydrogens is 344 g/mol. The molecule has 0 aliphatic rings. The Kier molecular flexibility index (Phi) is 18.5. The van der Waals surface area contributed by atoms with Crippen LogP contribution in [0.3, 0.4) is 0 Å². The molecule has 0 nitrogen and oxygen atoms in total. The van der Waals surface area contributed by atoms with Crippen molar-refractivity contribution in [1.82, 2.24) is 0 Å². The summed E-state index contributed by atoms with van der Waals surface area (Å²) in [6, 6.07) is 10.9. The maximum atomic E-state index is 4.27. The Morgan fingerprint density at radius 1 is 0.407 bits per heavy atom. The first-order chi connectivity index (χ1) is 13.4. The number of rotatable bonds is 20. The van der Waals surface area contributed by atoms with Crippen LogP contribution in [0.2, 0.25) is 0 Å². The van der Waals surface area contributed by atoms with Crippen molar-refractivity contribution in [2.45, 2.75) is 122 Å². The SMILES string of the molecule is SCCCCCCCCCCCCCCCCCCCCc1ccccc1. The highest BCUT2D eigenvalue weighted by Gasteiger charge is 1.96. The molecule has 0 saturated heterocycles. The van der Waals surface area contributed by atoms with Crippen LogP contribution in [0.1, 0.15) is 121 Å². The number of unbranched alkanes of at least 4 members (excludes halogenated alkanes) is 17. The molecule has 1 aromatic carbocycles. The lowest BCUT2D eigenvalue weighted by molar-refractivity contribution is 0.525. The van der Waals surface area contributed by atoms with E-state index < -0.39 is 0 Å². The maximum absolute atomic E-state index is 4.27. The first-order valence-corrected chi connectivity index (χ1v) is 12.7. The van der Waals surface area contributed by atoms with E-state index in [1.165, 1.54) is 128 Å². The van der Waals surface area contributed by atoms with Crippen LogP contribution < -0.4 is 0 Å². The number of aryl methyl sites for hydroxylation is 1. The lowest BCUT2D eigenvalue weighted by Gasteiger charge is -2.04. The van der Waals surface area contributed by atoms with E-state index in [4.69, 9.17) is 0 Å². The van der Waals surface area contributed by atoms with Crippen LogP contribution in [0.25, 0.3) is 0 Å². The summed E-state index contributed by atoms with van der Waals surface area (Å²) in [4.78, 5) is 0. The molecule has 0 fully saturated rings. The Bertz CT molecular complexity index is 386. The second-order valence-corrected chi connectivity index (χ2v) is 8.77. The van der Waals surface area contributed by atoms with Gasteiger partial charge in [-0.15, -0.1) is 0 Å². The van der Waals surface area contributed by atoms with Crippen molar-refractivity contribution in [2.24, 2.45) is 0 Å². The Labute approximate surface area is 176 Å². The summed E-state index contributed by atoms with van der Waals surface area (Å²) in [5.74, 6) is 1.06. The summed E-state index contributed by atoms with van der Waals surface area (Å²) in [7, 11) is 0. The van der Waals surface area contributed by atoms with Crippen LogP contribution in [-0.2, 0) is 6.42 Å². The average molecular weight is 391 g/mol. The van der Waals surface area contributed by atoms with Crippen LogP contribution in [0.5, 0.6) is 0 Å². The van der Waals surface area contributed by atoms with Crippen LogP contribution in [0.15, 0.2) is 30.3 Å². The fourth-order valence-corrected chi connectivity index (χ4v) is 4.14. The summed E-state index contributed by atoms with van der Waals surface area (Å²) >= 11 is 4.27. The van der Waals surface area contributed by atoms with Crippen LogP contribution >= 0.6 is 12.6 Å². The van der Waals surface area contributed by atoms with Gasteiger partial charge in [-0.1, -0.05) is 133 Å². The van der Waals surface area contributed by atoms with Gasteiger partial charge in [-0.2, -0.15) is 12.6 Å². The second-order valence-electron chi connectivity index (χ2n) is 8.32. The number of benzene rings is 1. The number of hydrogen-bond donors (Lipinski definition) is 1. The van der Waals surface area contributed by atoms with Crippen molar-refractivity contribution >= 4 is 12.6 Å². The van der Waals surface area contributed by atoms with Crippen molar-refractivity contribution < 1.29 is 0 Å². The Morgan fingerprint density at radius 3 is 1.11 bits per heavy atom. The molecule has 1 rings (SSSR count). The maximum Gasteiger partial charge on any atom is -0.00979 e. The summed E-state index contributed by atoms with van der Waals surface area (Å²) < 4.78 is 0. The van der Waals surface area contributed by atoms with Crippen molar-refractivity contribution in [3.63, 3.8) is 0 Å². The molecule has 1 aromatic rings. The van der Waals surface area contributed by atoms with Gasteiger partial charge in [-0.25, -0.2) is 0 Å². The van der Waals surface area contributed by atoms with Gasteiger partial charge in [0.15, 0.2) is 0 Å². The topological polar surface area (TPSA) is 0 Å². The third-order valence-corrected chi connectivity index (χ3v) is 6.03. The van der Waals surface area contributed by atoms with E-state index in [9.17, 15) is 0 Å². The fourth-order valence-electron chi connectivity index (χ4n) is 3.91. The Morgan fingerprint density at radius 2 is 0.741 bits per heavy atom. The molecule has 0 spiro atoms. The minimum atomic E-state index is 1.06. The van der Waals surface area contributed by atoms with Crippen LogP contribution in [0, 0.1) is 0 Å². The summed E-state index contributed by atoms with van der Waals surface area (Å²) in [6.07, 6.45) is 27.1. The zero-order valence-corrected chi connectivity index (χ0v) is 18.9. The smallest absolute Gasteiger partial charge is 0.00979 e. The van der Waals surface area contributed by atoms with Gasteiger partial charge in [0.2, 0.25) is 0 Å². The molecule has 27 heavy (non-hydrogen) atoms. The van der Waals surface area contributed by atoms with Gasteiger partial charge < -0.3 is 0 Å². The fraction of sp³-hybridized carbons (Fsp3) is 0.769. The molecule has 156 valence electrons. The van der Waals surface area contributed by atoms with Crippen molar-refractivity contribution in [1.29, 1.82) is 0 Å². The number of hydrogen-bond acceptors (Lipinski definition) is 1. The van der Waals surface area contributed by atoms with E-state index in [0.29, 0.717) is 0 Å². The first kappa shape index (κ1) is 24.6. The van der Waals surface area contributed by atoms with Gasteiger partial charge in [-0.3, -0.25) is 0 Å². The third-order valence-electron chi connectivity index (χ3n) is 5.72. The lowest BCUT2D eigenvalue weighted by Crippen LogP contribution is -1.86. The molecule has 0 aromatic heterocycles. The van der Waals surface area contributed by atoms with E-state index in [0.717, 1.165) is 5.75 Å². The summed E-state index contributed by atoms with van der Waals surface area (Å²) in [5.41, 5.74) is 1.50. The van der Waals surface area contributed by atoms with Gasteiger partial charge in [-0.05, 0) is 30.6 Å². The van der Waals surface area contributed by atoms with Gasteiger partial charge in [0.25, 0.3) is 0 Å². The van der Waals surface area contributed by atoms with Gasteiger partial charge in [0.05, 0.1) is 0 Å². The average Bonchev–Trinajstić information content (AvgIpc) is 2.70. The summed E-state index contributed by atoms with van der Waals surface area (Å²) in [5, 5.41) is 0. The van der Waals surface area contributed by atoms with Crippen molar-refractivity contribution in [3.05, 3.63) is 35.9 Å². The molecule has 0 unspecified atom stereocenters. The van der Waals surface area contributed by atoms with Crippen molar-refractivity contribution in [2.75, 3.05) is 5.75 Å². The highest BCUT2D eigenvalue weighted by Crippen LogP contribution is 2.15. The molecular formula is C26H46S. The molecule has 0 aliphatic carbocycles. The van der Waals surface area contributed by atoms with E-state index in [-0.39, 0.29) is 0 Å². The summed E-state index contributed by atoms with van der Waals surface area (Å²) in [6.45, 7) is 0. The molecule has 0 radical (unpaired) electrons. The standard InChI is InChI=1S/C26H46S/c27-25-21-16-14-12-10-8-6-4-2-1-3-5-7-9-11-13-15-18-22-26-23-19-17-20-24-26/h17,19-20,23-24,27H,1-16,18,21-22,25H2. The van der Waals surface area contributed by atoms with Gasteiger partial charge in [0.1, 0.15) is 0 Å². The second kappa shape index (κ2) is 20.3. The molecule has 1 heteroatoms. The van der Waals surface area contributed by atoms with Crippen LogP contribution in [-0.4, -0.2) is 5.75 Å². The third kappa shape index (κ3) is 17.4. The lowest BCUT2D eigenvalue weighted by atomic mass is 10.0. The van der Waals surface area contributed by atoms with Crippen molar-refractivity contribution in [3.8, 4) is 0 Å². The Balaban J connectivity index is 1.67. The highest BCUT2D eigenvalue weighted by atomic mass is 32.1. The van der Waals surface area contributed by atoms with E-state index in [2.05, 4.69) is 43.0 Å². The van der Waals surface area contributed by atoms with Gasteiger partial charge >= 0.3 is 0 Å². The Hall–Kier alpha value is -0.430. The predicted molar refractivity (Wildman–Crippen MR) is 127 cm³/mol. The van der Waals surface area contributed by atoms with Gasteiger partial charge in [0, 0.05) is 0 Å². The minimum absolute atomic E-state index is 1.06. The monoisotopic (exact) mass is 390 g/mol. The zero-order valence-electron chi connectivity index (χ0n) is 18.0. The molecule has 0 heterocycles. The number of thiol groups is 1. The van der Waals surface area contributed by atoms with E-state index >= 15 is 0 Å². The normalized spacial score (nSPS) is 11.1. The molecule has 0 aliphatic heterocycles. The first-order valence-electron chi connectivity index (χ1n) is 12.1.